The normalized spacial score (nSPS) is 20.9. The van der Waals surface area contributed by atoms with Gasteiger partial charge < -0.3 is 0 Å². The zero-order chi connectivity index (χ0) is 16.1. The molecule has 0 spiro atoms. The summed E-state index contributed by atoms with van der Waals surface area (Å²) in [6.07, 6.45) is 8.73. The standard InChI is InChI=1S/C18H20O3S/c1-3-13-18(21-22(2,19)20)14-11-17(12-15-18)10-9-16-7-5-4-6-8-16/h4-8,11-12,14H,3,13,15H2,1-2H3. The van der Waals surface area contributed by atoms with Crippen LogP contribution < -0.4 is 0 Å². The van der Waals surface area contributed by atoms with E-state index in [2.05, 4.69) is 11.8 Å². The van der Waals surface area contributed by atoms with Gasteiger partial charge in [0.15, 0.2) is 0 Å². The van der Waals surface area contributed by atoms with Crippen LogP contribution in [0.25, 0.3) is 0 Å². The summed E-state index contributed by atoms with van der Waals surface area (Å²) < 4.78 is 28.2. The second kappa shape index (κ2) is 6.95. The lowest BCUT2D eigenvalue weighted by Gasteiger charge is -2.30. The molecule has 22 heavy (non-hydrogen) atoms. The molecule has 0 amide bonds. The van der Waals surface area contributed by atoms with E-state index >= 15 is 0 Å². The Morgan fingerprint density at radius 2 is 1.95 bits per heavy atom. The van der Waals surface area contributed by atoms with Gasteiger partial charge >= 0.3 is 0 Å². The van der Waals surface area contributed by atoms with Crippen molar-refractivity contribution in [2.45, 2.75) is 31.8 Å². The Labute approximate surface area is 132 Å². The first-order valence-corrected chi connectivity index (χ1v) is 9.11. The molecular formula is C18H20O3S. The molecular weight excluding hydrogens is 296 g/mol. The van der Waals surface area contributed by atoms with Crippen LogP contribution in [0.5, 0.6) is 0 Å². The Morgan fingerprint density at radius 3 is 2.50 bits per heavy atom. The van der Waals surface area contributed by atoms with Crippen molar-refractivity contribution in [2.24, 2.45) is 0 Å². The van der Waals surface area contributed by atoms with E-state index in [1.165, 1.54) is 0 Å². The molecule has 0 aliphatic heterocycles. The molecule has 4 heteroatoms. The molecule has 0 N–H and O–H groups in total. The molecule has 1 unspecified atom stereocenters. The molecule has 0 saturated carbocycles. The van der Waals surface area contributed by atoms with Crippen LogP contribution in [0.3, 0.4) is 0 Å². The van der Waals surface area contributed by atoms with E-state index in [9.17, 15) is 8.42 Å². The van der Waals surface area contributed by atoms with Crippen LogP contribution >= 0.6 is 0 Å². The third-order valence-corrected chi connectivity index (χ3v) is 3.98. The summed E-state index contributed by atoms with van der Waals surface area (Å²) in [6, 6.07) is 9.75. The first-order valence-electron chi connectivity index (χ1n) is 7.29. The van der Waals surface area contributed by atoms with Gasteiger partial charge in [-0.05, 0) is 30.7 Å². The molecule has 0 radical (unpaired) electrons. The molecule has 1 atom stereocenters. The molecule has 3 nitrogen and oxygen atoms in total. The highest BCUT2D eigenvalue weighted by Crippen LogP contribution is 2.31. The van der Waals surface area contributed by atoms with Crippen LogP contribution in [0.1, 0.15) is 31.7 Å². The predicted molar refractivity (Wildman–Crippen MR) is 88.7 cm³/mol. The minimum Gasteiger partial charge on any atom is -0.259 e. The fourth-order valence-electron chi connectivity index (χ4n) is 2.43. The monoisotopic (exact) mass is 316 g/mol. The molecule has 0 saturated heterocycles. The average molecular weight is 316 g/mol. The van der Waals surface area contributed by atoms with Gasteiger partial charge in [-0.3, -0.25) is 4.18 Å². The van der Waals surface area contributed by atoms with Crippen molar-refractivity contribution in [2.75, 3.05) is 6.26 Å². The largest absolute Gasteiger partial charge is 0.265 e. The number of rotatable bonds is 4. The number of hydrogen-bond acceptors (Lipinski definition) is 3. The summed E-state index contributed by atoms with van der Waals surface area (Å²) in [4.78, 5) is 0. The molecule has 1 aliphatic rings. The van der Waals surface area contributed by atoms with E-state index in [-0.39, 0.29) is 0 Å². The van der Waals surface area contributed by atoms with Crippen LogP contribution in [-0.2, 0) is 14.3 Å². The van der Waals surface area contributed by atoms with Crippen molar-refractivity contribution in [1.82, 2.24) is 0 Å². The van der Waals surface area contributed by atoms with Crippen molar-refractivity contribution < 1.29 is 12.6 Å². The molecule has 0 fully saturated rings. The van der Waals surface area contributed by atoms with Gasteiger partial charge in [0, 0.05) is 17.6 Å². The topological polar surface area (TPSA) is 43.4 Å². The van der Waals surface area contributed by atoms with E-state index in [4.69, 9.17) is 4.18 Å². The summed E-state index contributed by atoms with van der Waals surface area (Å²) in [7, 11) is -3.49. The fourth-order valence-corrected chi connectivity index (χ4v) is 3.24. The Balaban J connectivity index is 2.14. The van der Waals surface area contributed by atoms with Crippen molar-refractivity contribution in [3.05, 3.63) is 59.7 Å². The molecule has 1 aromatic rings. The summed E-state index contributed by atoms with van der Waals surface area (Å²) in [5.41, 5.74) is 1.07. The number of benzene rings is 1. The van der Waals surface area contributed by atoms with E-state index in [1.807, 2.05) is 55.5 Å². The Bertz CT molecular complexity index is 734. The smallest absolute Gasteiger partial charge is 0.259 e. The predicted octanol–water partition coefficient (Wildman–Crippen LogP) is 3.44. The van der Waals surface area contributed by atoms with E-state index in [0.29, 0.717) is 12.8 Å². The van der Waals surface area contributed by atoms with Crippen LogP contribution in [0, 0.1) is 11.8 Å². The van der Waals surface area contributed by atoms with Crippen LogP contribution in [0.4, 0.5) is 0 Å². The Kier molecular flexibility index (Phi) is 5.23. The van der Waals surface area contributed by atoms with Crippen LogP contribution in [-0.4, -0.2) is 20.3 Å². The number of hydrogen-bond donors (Lipinski definition) is 0. The molecule has 1 aliphatic carbocycles. The van der Waals surface area contributed by atoms with Crippen molar-refractivity contribution in [1.29, 1.82) is 0 Å². The summed E-state index contributed by atoms with van der Waals surface area (Å²) in [5, 5.41) is 0. The summed E-state index contributed by atoms with van der Waals surface area (Å²) in [5.74, 6) is 6.19. The van der Waals surface area contributed by atoms with Gasteiger partial charge in [-0.2, -0.15) is 8.42 Å². The van der Waals surface area contributed by atoms with Gasteiger partial charge in [-0.1, -0.05) is 49.5 Å². The summed E-state index contributed by atoms with van der Waals surface area (Å²) in [6.45, 7) is 2.01. The average Bonchev–Trinajstić information content (AvgIpc) is 2.46. The number of allylic oxidation sites excluding steroid dienone is 2. The zero-order valence-corrected chi connectivity index (χ0v) is 13.7. The maximum Gasteiger partial charge on any atom is 0.265 e. The first kappa shape index (κ1) is 16.5. The van der Waals surface area contributed by atoms with Crippen molar-refractivity contribution in [3.8, 4) is 11.8 Å². The molecule has 0 aromatic heterocycles. The lowest BCUT2D eigenvalue weighted by atomic mass is 9.88. The minimum absolute atomic E-state index is 0.517. The zero-order valence-electron chi connectivity index (χ0n) is 12.9. The Hall–Kier alpha value is -1.83. The maximum absolute atomic E-state index is 11.5. The lowest BCUT2D eigenvalue weighted by Crippen LogP contribution is -2.33. The molecule has 116 valence electrons. The van der Waals surface area contributed by atoms with Gasteiger partial charge in [0.2, 0.25) is 0 Å². The highest BCUT2D eigenvalue weighted by molar-refractivity contribution is 7.86. The summed E-state index contributed by atoms with van der Waals surface area (Å²) >= 11 is 0. The van der Waals surface area contributed by atoms with Gasteiger partial charge in [-0.25, -0.2) is 0 Å². The SMILES string of the molecule is CCCC1(OS(C)(=O)=O)C=CC(C#Cc2ccccc2)=CC1. The molecule has 2 rings (SSSR count). The molecule has 0 bridgehead atoms. The van der Waals surface area contributed by atoms with Crippen LogP contribution in [0.2, 0.25) is 0 Å². The fraction of sp³-hybridized carbons (Fsp3) is 0.333. The van der Waals surface area contributed by atoms with Gasteiger partial charge in [-0.15, -0.1) is 0 Å². The third-order valence-electron chi connectivity index (χ3n) is 3.35. The van der Waals surface area contributed by atoms with E-state index in [0.717, 1.165) is 23.8 Å². The lowest BCUT2D eigenvalue weighted by molar-refractivity contribution is 0.120. The van der Waals surface area contributed by atoms with E-state index < -0.39 is 15.7 Å². The van der Waals surface area contributed by atoms with Gasteiger partial charge in [0.1, 0.15) is 5.60 Å². The highest BCUT2D eigenvalue weighted by atomic mass is 32.2. The Morgan fingerprint density at radius 1 is 1.23 bits per heavy atom. The highest BCUT2D eigenvalue weighted by Gasteiger charge is 2.32. The van der Waals surface area contributed by atoms with Gasteiger partial charge in [0.25, 0.3) is 10.1 Å². The molecule has 1 aromatic carbocycles. The second-order valence-corrected chi connectivity index (χ2v) is 6.99. The first-order chi connectivity index (χ1) is 10.4. The van der Waals surface area contributed by atoms with Crippen molar-refractivity contribution in [3.63, 3.8) is 0 Å². The van der Waals surface area contributed by atoms with Crippen LogP contribution in [0.15, 0.2) is 54.1 Å². The van der Waals surface area contributed by atoms with E-state index in [1.54, 1.807) is 0 Å². The second-order valence-electron chi connectivity index (χ2n) is 5.42. The van der Waals surface area contributed by atoms with Gasteiger partial charge in [0.05, 0.1) is 6.26 Å². The third kappa shape index (κ3) is 4.87. The minimum atomic E-state index is -3.49. The van der Waals surface area contributed by atoms with Crippen molar-refractivity contribution >= 4 is 10.1 Å². The quantitative estimate of drug-likeness (QED) is 0.631. The molecule has 0 heterocycles. The maximum atomic E-state index is 11.5.